The number of piperidine rings is 1. The summed E-state index contributed by atoms with van der Waals surface area (Å²) in [6.45, 7) is 0.401. The van der Waals surface area contributed by atoms with Gasteiger partial charge in [0.25, 0.3) is 0 Å². The van der Waals surface area contributed by atoms with Crippen LogP contribution in [0.2, 0.25) is 0 Å². The maximum atomic E-state index is 12.5. The van der Waals surface area contributed by atoms with Crippen molar-refractivity contribution < 1.29 is 18.3 Å². The molecule has 20 heavy (non-hydrogen) atoms. The van der Waals surface area contributed by atoms with Gasteiger partial charge in [-0.1, -0.05) is 18.2 Å². The average Bonchev–Trinajstić information content (AvgIpc) is 2.47. The Hall–Kier alpha value is -1.60. The minimum absolute atomic E-state index is 0.0365. The van der Waals surface area contributed by atoms with Gasteiger partial charge < -0.3 is 5.11 Å². The topological polar surface area (TPSA) is 77.9 Å². The molecule has 1 aliphatic heterocycles. The van der Waals surface area contributed by atoms with Crippen molar-refractivity contribution in [3.63, 3.8) is 0 Å². The number of carbonyl (C=O) groups is 1. The van der Waals surface area contributed by atoms with E-state index in [0.29, 0.717) is 25.1 Å². The number of hydrogen-bond acceptors (Lipinski definition) is 3. The molecule has 110 valence electrons. The lowest BCUT2D eigenvalue weighted by Crippen LogP contribution is -2.48. The average molecular weight is 298 g/mol. The van der Waals surface area contributed by atoms with E-state index in [0.717, 1.165) is 0 Å². The van der Waals surface area contributed by atoms with Crippen LogP contribution in [0.15, 0.2) is 30.3 Å². The van der Waals surface area contributed by atoms with Crippen LogP contribution in [0.4, 0.5) is 5.69 Å². The minimum atomic E-state index is -3.68. The summed E-state index contributed by atoms with van der Waals surface area (Å²) in [5, 5.41) is 9.04. The van der Waals surface area contributed by atoms with Crippen LogP contribution in [0.3, 0.4) is 0 Å². The summed E-state index contributed by atoms with van der Waals surface area (Å²) >= 11 is 0. The predicted octanol–water partition coefficient (Wildman–Crippen LogP) is 1.16. The van der Waals surface area contributed by atoms with Gasteiger partial charge in [0.05, 0.1) is 11.6 Å². The second-order valence-electron chi connectivity index (χ2n) is 4.85. The van der Waals surface area contributed by atoms with Gasteiger partial charge in [-0.2, -0.15) is 12.7 Å². The van der Waals surface area contributed by atoms with E-state index >= 15 is 0 Å². The number of anilines is 1. The molecule has 2 rings (SSSR count). The number of rotatable bonds is 4. The fraction of sp³-hybridized carbons (Fsp3) is 0.462. The number of nitrogens with zero attached hydrogens (tertiary/aromatic N) is 2. The van der Waals surface area contributed by atoms with Gasteiger partial charge >= 0.3 is 16.2 Å². The third-order valence-corrected chi connectivity index (χ3v) is 5.41. The smallest absolute Gasteiger partial charge is 0.307 e. The molecule has 0 saturated carbocycles. The molecule has 0 bridgehead atoms. The minimum Gasteiger partial charge on any atom is -0.481 e. The maximum Gasteiger partial charge on any atom is 0.307 e. The molecule has 1 aliphatic rings. The van der Waals surface area contributed by atoms with Gasteiger partial charge in [0.2, 0.25) is 0 Å². The van der Waals surface area contributed by atoms with Crippen LogP contribution in [0.5, 0.6) is 0 Å². The Bertz CT molecular complexity index is 573. The summed E-state index contributed by atoms with van der Waals surface area (Å²) in [4.78, 5) is 11.0. The Labute approximate surface area is 118 Å². The van der Waals surface area contributed by atoms with E-state index in [1.54, 1.807) is 24.3 Å². The Balaban J connectivity index is 2.20. The van der Waals surface area contributed by atoms with Gasteiger partial charge in [0.15, 0.2) is 0 Å². The lowest BCUT2D eigenvalue weighted by molar-refractivity contribution is -0.142. The molecule has 0 radical (unpaired) electrons. The molecule has 0 spiro atoms. The monoisotopic (exact) mass is 298 g/mol. The first-order valence-corrected chi connectivity index (χ1v) is 7.84. The Kier molecular flexibility index (Phi) is 4.29. The van der Waals surface area contributed by atoms with Crippen LogP contribution in [0.1, 0.15) is 12.8 Å². The van der Waals surface area contributed by atoms with Gasteiger partial charge in [-0.25, -0.2) is 0 Å². The van der Waals surface area contributed by atoms with Gasteiger partial charge in [-0.05, 0) is 25.0 Å². The number of benzene rings is 1. The number of carboxylic acid groups (broad SMARTS) is 1. The molecular formula is C13H18N2O4S. The summed E-state index contributed by atoms with van der Waals surface area (Å²) in [6, 6.07) is 8.74. The summed E-state index contributed by atoms with van der Waals surface area (Å²) in [7, 11) is -2.20. The van der Waals surface area contributed by atoms with Crippen molar-refractivity contribution in [1.82, 2.24) is 4.31 Å². The largest absolute Gasteiger partial charge is 0.481 e. The zero-order valence-corrected chi connectivity index (χ0v) is 12.1. The van der Waals surface area contributed by atoms with Crippen molar-refractivity contribution in [2.75, 3.05) is 24.4 Å². The van der Waals surface area contributed by atoms with Crippen LogP contribution in [0.25, 0.3) is 0 Å². The predicted molar refractivity (Wildman–Crippen MR) is 75.7 cm³/mol. The summed E-state index contributed by atoms with van der Waals surface area (Å²) < 4.78 is 27.5. The van der Waals surface area contributed by atoms with E-state index in [2.05, 4.69) is 0 Å². The first kappa shape index (κ1) is 14.8. The SMILES string of the molecule is CN(c1ccccc1)S(=O)(=O)N1CCCC(C(=O)O)C1. The molecule has 1 saturated heterocycles. The zero-order valence-electron chi connectivity index (χ0n) is 11.3. The van der Waals surface area contributed by atoms with Gasteiger partial charge in [-0.15, -0.1) is 0 Å². The Morgan fingerprint density at radius 3 is 2.60 bits per heavy atom. The van der Waals surface area contributed by atoms with Crippen molar-refractivity contribution >= 4 is 21.9 Å². The molecule has 1 atom stereocenters. The van der Waals surface area contributed by atoms with Crippen LogP contribution < -0.4 is 4.31 Å². The molecule has 0 aliphatic carbocycles. The Morgan fingerprint density at radius 2 is 2.00 bits per heavy atom. The first-order valence-electron chi connectivity index (χ1n) is 6.45. The second-order valence-corrected chi connectivity index (χ2v) is 6.81. The van der Waals surface area contributed by atoms with Crippen molar-refractivity contribution in [3.8, 4) is 0 Å². The van der Waals surface area contributed by atoms with Crippen molar-refractivity contribution in [3.05, 3.63) is 30.3 Å². The maximum absolute atomic E-state index is 12.5. The van der Waals surface area contributed by atoms with Crippen molar-refractivity contribution in [1.29, 1.82) is 0 Å². The lowest BCUT2D eigenvalue weighted by atomic mass is 10.0. The van der Waals surface area contributed by atoms with Gasteiger partial charge in [0.1, 0.15) is 0 Å². The molecule has 1 fully saturated rings. The lowest BCUT2D eigenvalue weighted by Gasteiger charge is -2.33. The molecule has 0 aromatic heterocycles. The third-order valence-electron chi connectivity index (χ3n) is 3.53. The number of aliphatic carboxylic acids is 1. The number of carboxylic acids is 1. The fourth-order valence-corrected chi connectivity index (χ4v) is 3.76. The molecule has 1 heterocycles. The number of hydrogen-bond donors (Lipinski definition) is 1. The van der Waals surface area contributed by atoms with E-state index < -0.39 is 22.1 Å². The molecule has 1 aromatic rings. The number of para-hydroxylation sites is 1. The highest BCUT2D eigenvalue weighted by Crippen LogP contribution is 2.23. The molecule has 0 amide bonds. The van der Waals surface area contributed by atoms with Gasteiger partial charge in [-0.3, -0.25) is 9.10 Å². The zero-order chi connectivity index (χ0) is 14.8. The third kappa shape index (κ3) is 2.94. The van der Waals surface area contributed by atoms with Gasteiger partial charge in [0, 0.05) is 20.1 Å². The van der Waals surface area contributed by atoms with Crippen molar-refractivity contribution in [2.24, 2.45) is 5.92 Å². The molecule has 1 N–H and O–H groups in total. The van der Waals surface area contributed by atoms with Crippen LogP contribution in [-0.4, -0.2) is 43.9 Å². The molecule has 1 aromatic carbocycles. The molecular weight excluding hydrogens is 280 g/mol. The fourth-order valence-electron chi connectivity index (χ4n) is 2.30. The first-order chi connectivity index (χ1) is 9.43. The van der Waals surface area contributed by atoms with E-state index in [4.69, 9.17) is 5.11 Å². The quantitative estimate of drug-likeness (QED) is 0.905. The van der Waals surface area contributed by atoms with E-state index in [1.807, 2.05) is 6.07 Å². The molecule has 7 heteroatoms. The second kappa shape index (κ2) is 5.80. The highest BCUT2D eigenvalue weighted by atomic mass is 32.2. The van der Waals surface area contributed by atoms with Crippen LogP contribution >= 0.6 is 0 Å². The highest BCUT2D eigenvalue weighted by Gasteiger charge is 2.34. The van der Waals surface area contributed by atoms with Crippen LogP contribution in [0, 0.1) is 5.92 Å². The Morgan fingerprint density at radius 1 is 1.35 bits per heavy atom. The van der Waals surface area contributed by atoms with E-state index in [-0.39, 0.29) is 6.54 Å². The molecule has 6 nitrogen and oxygen atoms in total. The summed E-state index contributed by atoms with van der Waals surface area (Å²) in [5.74, 6) is -1.56. The summed E-state index contributed by atoms with van der Waals surface area (Å²) in [5.41, 5.74) is 0.560. The van der Waals surface area contributed by atoms with Crippen molar-refractivity contribution in [2.45, 2.75) is 12.8 Å². The van der Waals surface area contributed by atoms with E-state index in [9.17, 15) is 13.2 Å². The molecule has 1 unspecified atom stereocenters. The highest BCUT2D eigenvalue weighted by molar-refractivity contribution is 7.90. The standard InChI is InChI=1S/C13H18N2O4S/c1-14(12-7-3-2-4-8-12)20(18,19)15-9-5-6-11(10-15)13(16)17/h2-4,7-8,11H,5-6,9-10H2,1H3,(H,16,17). The summed E-state index contributed by atoms with van der Waals surface area (Å²) in [6.07, 6.45) is 1.09. The van der Waals surface area contributed by atoms with E-state index in [1.165, 1.54) is 15.7 Å². The van der Waals surface area contributed by atoms with Crippen LogP contribution in [-0.2, 0) is 15.0 Å². The normalized spacial score (nSPS) is 20.6.